The summed E-state index contributed by atoms with van der Waals surface area (Å²) in [6.45, 7) is 0. The van der Waals surface area contributed by atoms with Crippen molar-refractivity contribution < 1.29 is 32.6 Å². The Morgan fingerprint density at radius 3 is 2.34 bits per heavy atom. The SMILES string of the molecule is COC(=O)C(Cc1ccc(O)cc1)NC1=C(C(=O)C(F)(F)F)C2(CCCCC2)C1. The van der Waals surface area contributed by atoms with Gasteiger partial charge in [0.25, 0.3) is 5.78 Å². The molecule has 1 saturated carbocycles. The zero-order chi connectivity index (χ0) is 21.2. The van der Waals surface area contributed by atoms with Gasteiger partial charge in [0.15, 0.2) is 0 Å². The fraction of sp³-hybridized carbons (Fsp3) is 0.524. The zero-order valence-electron chi connectivity index (χ0n) is 16.1. The standard InChI is InChI=1S/C21H24F3NO4/c1-29-19(28)15(11-13-5-7-14(26)8-6-13)25-16-12-20(9-3-2-4-10-20)17(16)18(27)21(22,23)24/h5-8,15,25-26H,2-4,9-12H2,1H3. The van der Waals surface area contributed by atoms with E-state index in [4.69, 9.17) is 4.74 Å². The van der Waals surface area contributed by atoms with Gasteiger partial charge < -0.3 is 15.2 Å². The molecule has 1 aromatic carbocycles. The molecule has 2 aliphatic carbocycles. The third-order valence-electron chi connectivity index (χ3n) is 5.85. The van der Waals surface area contributed by atoms with E-state index in [1.807, 2.05) is 0 Å². The summed E-state index contributed by atoms with van der Waals surface area (Å²) in [5, 5.41) is 12.3. The number of carbonyl (C=O) groups excluding carboxylic acids is 2. The number of esters is 1. The lowest BCUT2D eigenvalue weighted by atomic mass is 9.57. The van der Waals surface area contributed by atoms with Gasteiger partial charge in [-0.3, -0.25) is 4.79 Å². The number of methoxy groups -OCH3 is 1. The minimum Gasteiger partial charge on any atom is -0.508 e. The number of hydrogen-bond donors (Lipinski definition) is 2. The monoisotopic (exact) mass is 411 g/mol. The molecule has 158 valence electrons. The van der Waals surface area contributed by atoms with Crippen molar-refractivity contribution in [3.8, 4) is 5.75 Å². The molecule has 29 heavy (non-hydrogen) atoms. The quantitative estimate of drug-likeness (QED) is 0.697. The minimum absolute atomic E-state index is 0.0651. The highest BCUT2D eigenvalue weighted by atomic mass is 19.4. The van der Waals surface area contributed by atoms with Crippen molar-refractivity contribution in [1.82, 2.24) is 5.32 Å². The molecule has 1 unspecified atom stereocenters. The first-order chi connectivity index (χ1) is 13.7. The summed E-state index contributed by atoms with van der Waals surface area (Å²) in [5.41, 5.74) is -0.0822. The fourth-order valence-corrected chi connectivity index (χ4v) is 4.44. The highest BCUT2D eigenvalue weighted by Gasteiger charge is 2.55. The number of phenolic OH excluding ortho intramolecular Hbond substituents is 1. The average molecular weight is 411 g/mol. The molecule has 2 N–H and O–H groups in total. The van der Waals surface area contributed by atoms with Crippen molar-refractivity contribution in [3.63, 3.8) is 0 Å². The number of halogens is 3. The Kier molecular flexibility index (Phi) is 5.91. The van der Waals surface area contributed by atoms with Crippen LogP contribution in [0.3, 0.4) is 0 Å². The summed E-state index contributed by atoms with van der Waals surface area (Å²) in [6, 6.07) is 5.22. The predicted octanol–water partition coefficient (Wildman–Crippen LogP) is 3.81. The number of benzene rings is 1. The summed E-state index contributed by atoms with van der Waals surface area (Å²) in [5.74, 6) is -2.38. The lowest BCUT2D eigenvalue weighted by Gasteiger charge is -2.48. The molecule has 2 aliphatic rings. The van der Waals surface area contributed by atoms with Gasteiger partial charge in [-0.15, -0.1) is 0 Å². The second-order valence-electron chi connectivity index (χ2n) is 7.79. The molecule has 0 aromatic heterocycles. The van der Waals surface area contributed by atoms with Gasteiger partial charge in [0.05, 0.1) is 7.11 Å². The fourth-order valence-electron chi connectivity index (χ4n) is 4.44. The van der Waals surface area contributed by atoms with Crippen LogP contribution in [0.1, 0.15) is 44.1 Å². The number of phenols is 1. The van der Waals surface area contributed by atoms with Crippen LogP contribution in [0.25, 0.3) is 0 Å². The number of rotatable bonds is 6. The van der Waals surface area contributed by atoms with Crippen LogP contribution < -0.4 is 5.32 Å². The molecule has 1 atom stereocenters. The molecule has 8 heteroatoms. The molecule has 0 heterocycles. The third-order valence-corrected chi connectivity index (χ3v) is 5.85. The first-order valence-corrected chi connectivity index (χ1v) is 9.64. The normalized spacial score (nSPS) is 19.4. The second kappa shape index (κ2) is 8.08. The Hall–Kier alpha value is -2.51. The molecule has 1 aromatic rings. The Morgan fingerprint density at radius 1 is 1.17 bits per heavy atom. The van der Waals surface area contributed by atoms with Gasteiger partial charge in [-0.2, -0.15) is 13.2 Å². The summed E-state index contributed by atoms with van der Waals surface area (Å²) in [7, 11) is 1.20. The van der Waals surface area contributed by atoms with Crippen molar-refractivity contribution >= 4 is 11.8 Å². The largest absolute Gasteiger partial charge is 0.508 e. The highest BCUT2D eigenvalue weighted by molar-refractivity contribution is 6.03. The van der Waals surface area contributed by atoms with Crippen LogP contribution in [0.4, 0.5) is 13.2 Å². The number of Topliss-reactive ketones (excluding diaryl/α,β-unsaturated/α-hetero) is 1. The number of carbonyl (C=O) groups is 2. The van der Waals surface area contributed by atoms with E-state index in [2.05, 4.69) is 5.32 Å². The number of allylic oxidation sites excluding steroid dienone is 2. The van der Waals surface area contributed by atoms with Crippen LogP contribution in [0.15, 0.2) is 35.5 Å². The first kappa shape index (κ1) is 21.2. The molecule has 3 rings (SSSR count). The van der Waals surface area contributed by atoms with Gasteiger partial charge in [-0.05, 0) is 37.0 Å². The average Bonchev–Trinajstić information content (AvgIpc) is 2.67. The predicted molar refractivity (Wildman–Crippen MR) is 99.0 cm³/mol. The van der Waals surface area contributed by atoms with E-state index in [1.165, 1.54) is 19.2 Å². The van der Waals surface area contributed by atoms with E-state index in [0.717, 1.165) is 19.3 Å². The summed E-state index contributed by atoms with van der Waals surface area (Å²) in [4.78, 5) is 24.4. The second-order valence-corrected chi connectivity index (χ2v) is 7.79. The van der Waals surface area contributed by atoms with E-state index in [1.54, 1.807) is 12.1 Å². The molecule has 0 bridgehead atoms. The van der Waals surface area contributed by atoms with Crippen LogP contribution >= 0.6 is 0 Å². The topological polar surface area (TPSA) is 75.6 Å². The van der Waals surface area contributed by atoms with E-state index in [-0.39, 0.29) is 23.4 Å². The van der Waals surface area contributed by atoms with Gasteiger partial charge in [0.2, 0.25) is 0 Å². The Labute approximate surface area is 166 Å². The molecular formula is C21H24F3NO4. The summed E-state index contributed by atoms with van der Waals surface area (Å²) < 4.78 is 44.6. The van der Waals surface area contributed by atoms with Gasteiger partial charge in [0.1, 0.15) is 11.8 Å². The van der Waals surface area contributed by atoms with Gasteiger partial charge in [-0.25, -0.2) is 4.79 Å². The van der Waals surface area contributed by atoms with Gasteiger partial charge in [-0.1, -0.05) is 31.4 Å². The summed E-state index contributed by atoms with van der Waals surface area (Å²) in [6.07, 6.45) is -0.850. The van der Waals surface area contributed by atoms with Crippen LogP contribution in [0.5, 0.6) is 5.75 Å². The third kappa shape index (κ3) is 4.41. The Bertz CT molecular complexity index is 808. The van der Waals surface area contributed by atoms with Crippen molar-refractivity contribution in [1.29, 1.82) is 0 Å². The lowest BCUT2D eigenvalue weighted by molar-refractivity contribution is -0.169. The van der Waals surface area contributed by atoms with E-state index in [0.29, 0.717) is 24.8 Å². The molecular weight excluding hydrogens is 387 g/mol. The summed E-state index contributed by atoms with van der Waals surface area (Å²) >= 11 is 0. The number of ether oxygens (including phenoxy) is 1. The molecule has 5 nitrogen and oxygen atoms in total. The van der Waals surface area contributed by atoms with Crippen molar-refractivity contribution in [2.24, 2.45) is 5.41 Å². The van der Waals surface area contributed by atoms with Crippen molar-refractivity contribution in [2.75, 3.05) is 7.11 Å². The first-order valence-electron chi connectivity index (χ1n) is 9.64. The number of aromatic hydroxyl groups is 1. The van der Waals surface area contributed by atoms with E-state index < -0.39 is 29.4 Å². The molecule has 0 saturated heterocycles. The maximum atomic E-state index is 13.3. The zero-order valence-corrected chi connectivity index (χ0v) is 16.1. The smallest absolute Gasteiger partial charge is 0.454 e. The molecule has 0 aliphatic heterocycles. The van der Waals surface area contributed by atoms with Crippen LogP contribution in [-0.2, 0) is 20.7 Å². The highest BCUT2D eigenvalue weighted by Crippen LogP contribution is 2.56. The van der Waals surface area contributed by atoms with Crippen molar-refractivity contribution in [3.05, 3.63) is 41.1 Å². The maximum Gasteiger partial charge on any atom is 0.454 e. The molecule has 0 radical (unpaired) electrons. The number of ketones is 1. The van der Waals surface area contributed by atoms with Crippen LogP contribution in [0.2, 0.25) is 0 Å². The van der Waals surface area contributed by atoms with E-state index >= 15 is 0 Å². The van der Waals surface area contributed by atoms with Crippen molar-refractivity contribution in [2.45, 2.75) is 57.2 Å². The Morgan fingerprint density at radius 2 is 1.79 bits per heavy atom. The Balaban J connectivity index is 1.89. The number of hydrogen-bond acceptors (Lipinski definition) is 5. The molecule has 1 spiro atoms. The van der Waals surface area contributed by atoms with Crippen LogP contribution in [0, 0.1) is 5.41 Å². The van der Waals surface area contributed by atoms with Gasteiger partial charge in [0, 0.05) is 23.1 Å². The number of alkyl halides is 3. The maximum absolute atomic E-state index is 13.3. The molecule has 0 amide bonds. The number of nitrogens with one attached hydrogen (secondary N) is 1. The van der Waals surface area contributed by atoms with Gasteiger partial charge >= 0.3 is 12.1 Å². The van der Waals surface area contributed by atoms with Crippen LogP contribution in [-0.4, -0.2) is 36.2 Å². The minimum atomic E-state index is -4.95. The van der Waals surface area contributed by atoms with E-state index in [9.17, 15) is 27.9 Å². The molecule has 1 fully saturated rings. The lowest BCUT2D eigenvalue weighted by Crippen LogP contribution is -2.50.